The van der Waals surface area contributed by atoms with Crippen molar-refractivity contribution in [2.24, 2.45) is 0 Å². The molecular weight excluding hydrogens is 288 g/mol. The highest BCUT2D eigenvalue weighted by Gasteiger charge is 2.06. The van der Waals surface area contributed by atoms with Gasteiger partial charge < -0.3 is 0 Å². The molecule has 0 N–H and O–H groups in total. The summed E-state index contributed by atoms with van der Waals surface area (Å²) >= 11 is 8.17. The van der Waals surface area contributed by atoms with E-state index < -0.39 is 0 Å². The van der Waals surface area contributed by atoms with E-state index in [1.807, 2.05) is 6.92 Å². The summed E-state index contributed by atoms with van der Waals surface area (Å²) in [6.45, 7) is 1.91. The summed E-state index contributed by atoms with van der Waals surface area (Å²) in [7, 11) is 0. The van der Waals surface area contributed by atoms with Crippen molar-refractivity contribution < 1.29 is 0 Å². The van der Waals surface area contributed by atoms with Crippen LogP contribution in [-0.2, 0) is 0 Å². The van der Waals surface area contributed by atoms with E-state index in [-0.39, 0.29) is 0 Å². The first kappa shape index (κ1) is 8.25. The lowest BCUT2D eigenvalue weighted by Crippen LogP contribution is -1.94. The number of nitrogens with zero attached hydrogens (tertiary/aromatic N) is 3. The summed E-state index contributed by atoms with van der Waals surface area (Å²) in [5.74, 6) is 0. The van der Waals surface area contributed by atoms with Crippen LogP contribution in [0, 0.1) is 10.5 Å². The molecule has 3 nitrogen and oxygen atoms in total. The highest BCUT2D eigenvalue weighted by Crippen LogP contribution is 2.18. The first-order valence-corrected chi connectivity index (χ1v) is 4.80. The van der Waals surface area contributed by atoms with E-state index in [4.69, 9.17) is 11.6 Å². The normalized spacial score (nSPS) is 10.9. The molecule has 0 saturated heterocycles. The van der Waals surface area contributed by atoms with Crippen molar-refractivity contribution in [2.75, 3.05) is 0 Å². The number of hydrogen-bond donors (Lipinski definition) is 0. The Balaban J connectivity index is 2.93. The topological polar surface area (TPSA) is 30.2 Å². The van der Waals surface area contributed by atoms with E-state index in [9.17, 15) is 0 Å². The number of rotatable bonds is 0. The lowest BCUT2D eigenvalue weighted by Gasteiger charge is -1.98. The minimum Gasteiger partial charge on any atom is -0.236 e. The maximum absolute atomic E-state index is 6.00. The standard InChI is InChI=1S/C7H5ClIN3/c1-4-2-10-7-5(9)3-11-12(7)6(4)8/h2-3H,1H3. The van der Waals surface area contributed by atoms with Gasteiger partial charge in [0.2, 0.25) is 0 Å². The van der Waals surface area contributed by atoms with Gasteiger partial charge in [-0.05, 0) is 29.5 Å². The summed E-state index contributed by atoms with van der Waals surface area (Å²) in [4.78, 5) is 4.21. The van der Waals surface area contributed by atoms with E-state index >= 15 is 0 Å². The van der Waals surface area contributed by atoms with E-state index in [2.05, 4.69) is 32.7 Å². The lowest BCUT2D eigenvalue weighted by molar-refractivity contribution is 0.928. The van der Waals surface area contributed by atoms with Crippen molar-refractivity contribution in [1.29, 1.82) is 0 Å². The zero-order valence-corrected chi connectivity index (χ0v) is 9.17. The molecule has 0 aliphatic rings. The first-order valence-electron chi connectivity index (χ1n) is 3.34. The van der Waals surface area contributed by atoms with Crippen LogP contribution in [0.15, 0.2) is 12.4 Å². The van der Waals surface area contributed by atoms with Crippen LogP contribution in [-0.4, -0.2) is 14.6 Å². The van der Waals surface area contributed by atoms with Gasteiger partial charge in [-0.1, -0.05) is 11.6 Å². The number of aromatic nitrogens is 3. The third-order valence-corrected chi connectivity index (χ3v) is 2.81. The number of aryl methyl sites for hydroxylation is 1. The van der Waals surface area contributed by atoms with Gasteiger partial charge in [-0.2, -0.15) is 5.10 Å². The van der Waals surface area contributed by atoms with Gasteiger partial charge in [0, 0.05) is 11.8 Å². The minimum absolute atomic E-state index is 0.628. The second-order valence-corrected chi connectivity index (χ2v) is 3.98. The average Bonchev–Trinajstić information content (AvgIpc) is 2.41. The zero-order valence-electron chi connectivity index (χ0n) is 6.25. The number of hydrogen-bond acceptors (Lipinski definition) is 2. The molecule has 2 aromatic heterocycles. The summed E-state index contributed by atoms with van der Waals surface area (Å²) in [6, 6.07) is 0. The van der Waals surface area contributed by atoms with Gasteiger partial charge in [0.15, 0.2) is 5.65 Å². The Bertz CT molecular complexity index is 437. The molecule has 0 aliphatic carbocycles. The van der Waals surface area contributed by atoms with Crippen LogP contribution in [0.5, 0.6) is 0 Å². The Morgan fingerprint density at radius 3 is 3.00 bits per heavy atom. The van der Waals surface area contributed by atoms with Gasteiger partial charge in [0.25, 0.3) is 0 Å². The molecule has 0 saturated carbocycles. The molecule has 5 heteroatoms. The molecule has 0 bridgehead atoms. The van der Waals surface area contributed by atoms with Crippen LogP contribution in [0.2, 0.25) is 5.15 Å². The number of halogens is 2. The molecule has 2 heterocycles. The molecular formula is C7H5ClIN3. The Labute approximate surface area is 87.9 Å². The predicted molar refractivity (Wildman–Crippen MR) is 55.5 cm³/mol. The van der Waals surface area contributed by atoms with Gasteiger partial charge in [-0.15, -0.1) is 0 Å². The Hall–Kier alpha value is -0.360. The maximum Gasteiger partial charge on any atom is 0.170 e. The van der Waals surface area contributed by atoms with Crippen LogP contribution in [0.3, 0.4) is 0 Å². The van der Waals surface area contributed by atoms with Gasteiger partial charge in [0.05, 0.1) is 9.77 Å². The fraction of sp³-hybridized carbons (Fsp3) is 0.143. The molecule has 0 aliphatic heterocycles. The molecule has 0 amide bonds. The second kappa shape index (κ2) is 2.85. The molecule has 12 heavy (non-hydrogen) atoms. The average molecular weight is 293 g/mol. The van der Waals surface area contributed by atoms with E-state index in [0.29, 0.717) is 5.15 Å². The largest absolute Gasteiger partial charge is 0.236 e. The molecule has 0 fully saturated rings. The van der Waals surface area contributed by atoms with Crippen molar-refractivity contribution in [3.8, 4) is 0 Å². The van der Waals surface area contributed by atoms with Crippen LogP contribution >= 0.6 is 34.2 Å². The quantitative estimate of drug-likeness (QED) is 0.551. The minimum atomic E-state index is 0.628. The first-order chi connectivity index (χ1) is 5.70. The molecule has 0 spiro atoms. The maximum atomic E-state index is 6.00. The monoisotopic (exact) mass is 293 g/mol. The van der Waals surface area contributed by atoms with Gasteiger partial charge in [-0.3, -0.25) is 0 Å². The summed E-state index contributed by atoms with van der Waals surface area (Å²) in [5, 5.41) is 4.72. The summed E-state index contributed by atoms with van der Waals surface area (Å²) in [6.07, 6.45) is 3.50. The van der Waals surface area contributed by atoms with Crippen LogP contribution in [0.1, 0.15) is 5.56 Å². The van der Waals surface area contributed by atoms with Crippen LogP contribution < -0.4 is 0 Å². The van der Waals surface area contributed by atoms with E-state index in [1.54, 1.807) is 16.9 Å². The fourth-order valence-corrected chi connectivity index (χ4v) is 1.63. The SMILES string of the molecule is Cc1cnc2c(I)cnn2c1Cl. The van der Waals surface area contributed by atoms with Gasteiger partial charge in [0.1, 0.15) is 5.15 Å². The predicted octanol–water partition coefficient (Wildman–Crippen LogP) is 2.30. The highest BCUT2D eigenvalue weighted by atomic mass is 127. The van der Waals surface area contributed by atoms with E-state index in [1.165, 1.54) is 0 Å². The van der Waals surface area contributed by atoms with Crippen molar-refractivity contribution in [3.63, 3.8) is 0 Å². The van der Waals surface area contributed by atoms with Crippen molar-refractivity contribution in [1.82, 2.24) is 14.6 Å². The number of fused-ring (bicyclic) bond motifs is 1. The second-order valence-electron chi connectivity index (χ2n) is 2.46. The molecule has 0 aromatic carbocycles. The highest BCUT2D eigenvalue weighted by molar-refractivity contribution is 14.1. The van der Waals surface area contributed by atoms with Crippen molar-refractivity contribution >= 4 is 39.8 Å². The Kier molecular flexibility index (Phi) is 1.96. The fourth-order valence-electron chi connectivity index (χ4n) is 0.960. The van der Waals surface area contributed by atoms with E-state index in [0.717, 1.165) is 14.8 Å². The molecule has 0 atom stereocenters. The molecule has 0 radical (unpaired) electrons. The van der Waals surface area contributed by atoms with Gasteiger partial charge in [-0.25, -0.2) is 9.50 Å². The lowest BCUT2D eigenvalue weighted by atomic mass is 10.4. The molecule has 2 aromatic rings. The summed E-state index contributed by atoms with van der Waals surface area (Å²) < 4.78 is 2.65. The van der Waals surface area contributed by atoms with Crippen LogP contribution in [0.4, 0.5) is 0 Å². The zero-order chi connectivity index (χ0) is 8.72. The van der Waals surface area contributed by atoms with Gasteiger partial charge >= 0.3 is 0 Å². The van der Waals surface area contributed by atoms with Crippen molar-refractivity contribution in [2.45, 2.75) is 6.92 Å². The molecule has 0 unspecified atom stereocenters. The van der Waals surface area contributed by atoms with Crippen LogP contribution in [0.25, 0.3) is 5.65 Å². The summed E-state index contributed by atoms with van der Waals surface area (Å²) in [5.41, 5.74) is 1.75. The van der Waals surface area contributed by atoms with Crippen molar-refractivity contribution in [3.05, 3.63) is 26.7 Å². The molecule has 2 rings (SSSR count). The Morgan fingerprint density at radius 2 is 2.25 bits per heavy atom. The third-order valence-electron chi connectivity index (χ3n) is 1.59. The Morgan fingerprint density at radius 1 is 1.50 bits per heavy atom. The third kappa shape index (κ3) is 1.09. The smallest absolute Gasteiger partial charge is 0.170 e. The molecule has 62 valence electrons.